The van der Waals surface area contributed by atoms with Crippen LogP contribution in [0, 0.1) is 12.3 Å². The van der Waals surface area contributed by atoms with Crippen LogP contribution in [0.1, 0.15) is 23.5 Å². The predicted molar refractivity (Wildman–Crippen MR) is 51.7 cm³/mol. The molecule has 58 valence electrons. The zero-order chi connectivity index (χ0) is 8.39. The largest absolute Gasteiger partial charge is 0.119 e. The second-order valence-corrected chi connectivity index (χ2v) is 2.99. The van der Waals surface area contributed by atoms with E-state index in [0.29, 0.717) is 0 Å². The van der Waals surface area contributed by atoms with Gasteiger partial charge in [-0.3, -0.25) is 0 Å². The van der Waals surface area contributed by atoms with Crippen molar-refractivity contribution < 1.29 is 0 Å². The van der Waals surface area contributed by atoms with E-state index in [-0.39, 0.29) is 5.92 Å². The summed E-state index contributed by atoms with van der Waals surface area (Å²) in [6.07, 6.45) is 10.7. The highest BCUT2D eigenvalue weighted by molar-refractivity contribution is 5.58. The standard InChI is InChI=1S/C12H10/c1-2-10-7-5-8-11-6-3-4-9-12(10)11/h1,3-6,8-10H,7H2. The molecule has 0 amide bonds. The maximum atomic E-state index is 5.43. The third kappa shape index (κ3) is 1.04. The summed E-state index contributed by atoms with van der Waals surface area (Å²) in [4.78, 5) is 0. The minimum Gasteiger partial charge on any atom is -0.119 e. The topological polar surface area (TPSA) is 0 Å². The fourth-order valence-electron chi connectivity index (χ4n) is 1.60. The van der Waals surface area contributed by atoms with E-state index >= 15 is 0 Å². The molecule has 0 heterocycles. The number of fused-ring (bicyclic) bond motifs is 1. The van der Waals surface area contributed by atoms with Crippen molar-refractivity contribution in [2.45, 2.75) is 12.3 Å². The van der Waals surface area contributed by atoms with Crippen LogP contribution in [-0.4, -0.2) is 0 Å². The zero-order valence-corrected chi connectivity index (χ0v) is 6.83. The molecule has 1 aromatic rings. The molecule has 1 atom stereocenters. The molecule has 0 fully saturated rings. The number of benzene rings is 1. The van der Waals surface area contributed by atoms with E-state index in [1.54, 1.807) is 0 Å². The van der Waals surface area contributed by atoms with Crippen LogP contribution in [0.4, 0.5) is 0 Å². The Morgan fingerprint density at radius 2 is 2.17 bits per heavy atom. The van der Waals surface area contributed by atoms with Gasteiger partial charge in [-0.25, -0.2) is 0 Å². The Kier molecular flexibility index (Phi) is 1.72. The van der Waals surface area contributed by atoms with Gasteiger partial charge < -0.3 is 0 Å². The number of terminal acetylenes is 1. The van der Waals surface area contributed by atoms with Crippen molar-refractivity contribution in [2.24, 2.45) is 0 Å². The Balaban J connectivity index is 2.54. The highest BCUT2D eigenvalue weighted by Gasteiger charge is 2.12. The van der Waals surface area contributed by atoms with E-state index in [1.165, 1.54) is 11.1 Å². The van der Waals surface area contributed by atoms with E-state index < -0.39 is 0 Å². The van der Waals surface area contributed by atoms with Gasteiger partial charge in [0, 0.05) is 5.92 Å². The third-order valence-electron chi connectivity index (χ3n) is 2.24. The average Bonchev–Trinajstić information content (AvgIpc) is 2.17. The van der Waals surface area contributed by atoms with Crippen LogP contribution in [0.5, 0.6) is 0 Å². The minimum atomic E-state index is 0.284. The van der Waals surface area contributed by atoms with Crippen molar-refractivity contribution in [2.75, 3.05) is 0 Å². The lowest BCUT2D eigenvalue weighted by atomic mass is 9.88. The first-order chi connectivity index (χ1) is 5.92. The molecule has 0 saturated carbocycles. The summed E-state index contributed by atoms with van der Waals surface area (Å²) in [6.45, 7) is 0. The summed E-state index contributed by atoms with van der Waals surface area (Å²) < 4.78 is 0. The molecule has 0 heteroatoms. The summed E-state index contributed by atoms with van der Waals surface area (Å²) >= 11 is 0. The van der Waals surface area contributed by atoms with Crippen LogP contribution in [0.25, 0.3) is 6.08 Å². The number of hydrogen-bond donors (Lipinski definition) is 0. The highest BCUT2D eigenvalue weighted by Crippen LogP contribution is 2.28. The molecule has 0 spiro atoms. The lowest BCUT2D eigenvalue weighted by molar-refractivity contribution is 0.881. The maximum absolute atomic E-state index is 5.43. The summed E-state index contributed by atoms with van der Waals surface area (Å²) in [5.41, 5.74) is 2.56. The number of allylic oxidation sites excluding steroid dienone is 1. The normalized spacial score (nSPS) is 19.8. The fraction of sp³-hybridized carbons (Fsp3) is 0.167. The molecule has 0 nitrogen and oxygen atoms in total. The summed E-state index contributed by atoms with van der Waals surface area (Å²) in [7, 11) is 0. The van der Waals surface area contributed by atoms with Crippen molar-refractivity contribution >= 4 is 6.08 Å². The minimum absolute atomic E-state index is 0.284. The Bertz CT molecular complexity index is 353. The molecule has 0 aromatic heterocycles. The van der Waals surface area contributed by atoms with Crippen molar-refractivity contribution in [3.8, 4) is 12.3 Å². The first kappa shape index (κ1) is 7.18. The summed E-state index contributed by atoms with van der Waals surface area (Å²) in [6, 6.07) is 8.31. The van der Waals surface area contributed by atoms with E-state index in [1.807, 2.05) is 12.1 Å². The molecule has 0 saturated heterocycles. The van der Waals surface area contributed by atoms with Crippen LogP contribution >= 0.6 is 0 Å². The molecule has 0 N–H and O–H groups in total. The second kappa shape index (κ2) is 2.87. The van der Waals surface area contributed by atoms with Gasteiger partial charge >= 0.3 is 0 Å². The molecule has 0 aliphatic heterocycles. The van der Waals surface area contributed by atoms with Crippen LogP contribution in [-0.2, 0) is 0 Å². The molecular formula is C12H10. The van der Waals surface area contributed by atoms with Gasteiger partial charge in [0.15, 0.2) is 0 Å². The Hall–Kier alpha value is -1.48. The molecular weight excluding hydrogens is 144 g/mol. The zero-order valence-electron chi connectivity index (χ0n) is 6.83. The Labute approximate surface area is 72.9 Å². The molecule has 1 aliphatic carbocycles. The SMILES string of the molecule is C#CC1CC=Cc2ccccc21. The van der Waals surface area contributed by atoms with Crippen LogP contribution < -0.4 is 0 Å². The maximum Gasteiger partial charge on any atom is 0.0490 e. The summed E-state index contributed by atoms with van der Waals surface area (Å²) in [5.74, 6) is 3.09. The fourth-order valence-corrected chi connectivity index (χ4v) is 1.60. The van der Waals surface area contributed by atoms with Gasteiger partial charge in [0.05, 0.1) is 0 Å². The smallest absolute Gasteiger partial charge is 0.0490 e. The molecule has 1 unspecified atom stereocenters. The monoisotopic (exact) mass is 154 g/mol. The lowest BCUT2D eigenvalue weighted by Crippen LogP contribution is -2.00. The predicted octanol–water partition coefficient (Wildman–Crippen LogP) is 2.82. The van der Waals surface area contributed by atoms with Gasteiger partial charge in [-0.2, -0.15) is 0 Å². The first-order valence-electron chi connectivity index (χ1n) is 4.13. The lowest BCUT2D eigenvalue weighted by Gasteiger charge is -2.15. The molecule has 12 heavy (non-hydrogen) atoms. The number of hydrogen-bond acceptors (Lipinski definition) is 0. The van der Waals surface area contributed by atoms with E-state index in [2.05, 4.69) is 30.2 Å². The highest BCUT2D eigenvalue weighted by atomic mass is 14.2. The average molecular weight is 154 g/mol. The van der Waals surface area contributed by atoms with E-state index in [9.17, 15) is 0 Å². The molecule has 1 aliphatic rings. The number of rotatable bonds is 0. The van der Waals surface area contributed by atoms with Gasteiger partial charge in [-0.1, -0.05) is 42.3 Å². The van der Waals surface area contributed by atoms with Crippen LogP contribution in [0.3, 0.4) is 0 Å². The van der Waals surface area contributed by atoms with Gasteiger partial charge in [-0.15, -0.1) is 6.42 Å². The Morgan fingerprint density at radius 1 is 1.33 bits per heavy atom. The summed E-state index contributed by atoms with van der Waals surface area (Å²) in [5, 5.41) is 0. The van der Waals surface area contributed by atoms with Crippen LogP contribution in [0.15, 0.2) is 30.3 Å². The first-order valence-corrected chi connectivity index (χ1v) is 4.13. The van der Waals surface area contributed by atoms with Crippen molar-refractivity contribution in [3.63, 3.8) is 0 Å². The van der Waals surface area contributed by atoms with Crippen molar-refractivity contribution in [3.05, 3.63) is 41.5 Å². The van der Waals surface area contributed by atoms with Crippen molar-refractivity contribution in [1.29, 1.82) is 0 Å². The molecule has 0 bridgehead atoms. The van der Waals surface area contributed by atoms with E-state index in [4.69, 9.17) is 6.42 Å². The molecule has 1 aromatic carbocycles. The third-order valence-corrected chi connectivity index (χ3v) is 2.24. The second-order valence-electron chi connectivity index (χ2n) is 2.99. The van der Waals surface area contributed by atoms with E-state index in [0.717, 1.165) is 6.42 Å². The quantitative estimate of drug-likeness (QED) is 0.504. The van der Waals surface area contributed by atoms with Gasteiger partial charge in [0.25, 0.3) is 0 Å². The molecule has 0 radical (unpaired) electrons. The molecule has 2 rings (SSSR count). The van der Waals surface area contributed by atoms with Crippen LogP contribution in [0.2, 0.25) is 0 Å². The Morgan fingerprint density at radius 3 is 3.00 bits per heavy atom. The van der Waals surface area contributed by atoms with Gasteiger partial charge in [0.2, 0.25) is 0 Å². The van der Waals surface area contributed by atoms with Gasteiger partial charge in [-0.05, 0) is 17.5 Å². The van der Waals surface area contributed by atoms with Gasteiger partial charge in [0.1, 0.15) is 0 Å². The van der Waals surface area contributed by atoms with Crippen molar-refractivity contribution in [1.82, 2.24) is 0 Å².